The van der Waals surface area contributed by atoms with Gasteiger partial charge in [0.05, 0.1) is 6.54 Å². The van der Waals surface area contributed by atoms with E-state index in [4.69, 9.17) is 5.73 Å². The van der Waals surface area contributed by atoms with Crippen LogP contribution in [0.3, 0.4) is 0 Å². The Hall–Kier alpha value is -1.60. The van der Waals surface area contributed by atoms with Crippen LogP contribution in [0, 0.1) is 17.8 Å². The van der Waals surface area contributed by atoms with Crippen LogP contribution in [0.25, 0.3) is 0 Å². The van der Waals surface area contributed by atoms with Crippen molar-refractivity contribution in [2.75, 3.05) is 6.54 Å². The standard InChI is InChI=1S/C19H25F3N2O2/c20-19(21,22)18(26,15-7-2-1-3-8-15)11-24-17(25)14-9-12-5-4-6-13(10-14)16(12)23/h1-3,7-8,12-14,16,26H,4-6,9-11,23H2,(H,24,25). The van der Waals surface area contributed by atoms with Gasteiger partial charge < -0.3 is 16.2 Å². The highest BCUT2D eigenvalue weighted by atomic mass is 19.4. The minimum Gasteiger partial charge on any atom is -0.375 e. The maximum Gasteiger partial charge on any atom is 0.423 e. The first-order valence-electron chi connectivity index (χ1n) is 9.10. The molecule has 1 aromatic rings. The molecular weight excluding hydrogens is 345 g/mol. The third-order valence-corrected chi connectivity index (χ3v) is 6.02. The molecule has 0 aliphatic heterocycles. The molecular formula is C19H25F3N2O2. The molecule has 3 atom stereocenters. The first-order valence-corrected chi connectivity index (χ1v) is 9.10. The summed E-state index contributed by atoms with van der Waals surface area (Å²) < 4.78 is 40.5. The third-order valence-electron chi connectivity index (χ3n) is 6.02. The Labute approximate surface area is 151 Å². The number of carbonyl (C=O) groups is 1. The van der Waals surface area contributed by atoms with Gasteiger partial charge in [-0.05, 0) is 43.1 Å². The first kappa shape index (κ1) is 19.2. The summed E-state index contributed by atoms with van der Waals surface area (Å²) >= 11 is 0. The molecule has 2 fully saturated rings. The fourth-order valence-corrected chi connectivity index (χ4v) is 4.44. The predicted octanol–water partition coefficient (Wildman–Crippen LogP) is 2.71. The van der Waals surface area contributed by atoms with Crippen LogP contribution in [0.5, 0.6) is 0 Å². The number of nitrogens with one attached hydrogen (secondary N) is 1. The van der Waals surface area contributed by atoms with Crippen LogP contribution in [-0.4, -0.2) is 29.8 Å². The van der Waals surface area contributed by atoms with Gasteiger partial charge in [0.2, 0.25) is 11.5 Å². The number of rotatable bonds is 4. The van der Waals surface area contributed by atoms with E-state index < -0.39 is 24.2 Å². The lowest BCUT2D eigenvalue weighted by Crippen LogP contribution is -2.53. The summed E-state index contributed by atoms with van der Waals surface area (Å²) in [6.07, 6.45) is -0.638. The molecule has 1 amide bonds. The molecule has 0 heterocycles. The van der Waals surface area contributed by atoms with Crippen molar-refractivity contribution in [2.45, 2.75) is 49.9 Å². The van der Waals surface area contributed by atoms with Crippen molar-refractivity contribution in [2.24, 2.45) is 23.5 Å². The lowest BCUT2D eigenvalue weighted by Gasteiger charge is -2.43. The number of benzene rings is 1. The summed E-state index contributed by atoms with van der Waals surface area (Å²) in [4.78, 5) is 12.5. The maximum absolute atomic E-state index is 13.5. The van der Waals surface area contributed by atoms with E-state index in [2.05, 4.69) is 5.32 Å². The molecule has 0 saturated heterocycles. The summed E-state index contributed by atoms with van der Waals surface area (Å²) in [6, 6.07) is 6.94. The Morgan fingerprint density at radius 2 is 1.73 bits per heavy atom. The highest BCUT2D eigenvalue weighted by molar-refractivity contribution is 5.79. The molecule has 26 heavy (non-hydrogen) atoms. The molecule has 4 N–H and O–H groups in total. The zero-order chi connectivity index (χ0) is 18.9. The number of nitrogens with two attached hydrogens (primary N) is 1. The summed E-state index contributed by atoms with van der Waals surface area (Å²) in [5, 5.41) is 12.7. The summed E-state index contributed by atoms with van der Waals surface area (Å²) in [5.74, 6) is -0.242. The number of amides is 1. The summed E-state index contributed by atoms with van der Waals surface area (Å²) in [7, 11) is 0. The molecule has 2 aliphatic rings. The van der Waals surface area contributed by atoms with E-state index in [-0.39, 0.29) is 29.4 Å². The highest BCUT2D eigenvalue weighted by Crippen LogP contribution is 2.42. The molecule has 0 radical (unpaired) electrons. The zero-order valence-corrected chi connectivity index (χ0v) is 14.5. The largest absolute Gasteiger partial charge is 0.423 e. The molecule has 1 aromatic carbocycles. The van der Waals surface area contributed by atoms with Gasteiger partial charge in [0.15, 0.2) is 0 Å². The average molecular weight is 370 g/mol. The molecule has 144 valence electrons. The van der Waals surface area contributed by atoms with Crippen LogP contribution in [0.15, 0.2) is 30.3 Å². The SMILES string of the molecule is NC1C2CCCC1CC(C(=O)NCC(O)(c1ccccc1)C(F)(F)F)C2. The minimum atomic E-state index is -4.90. The van der Waals surface area contributed by atoms with Crippen LogP contribution in [-0.2, 0) is 10.4 Å². The van der Waals surface area contributed by atoms with Gasteiger partial charge in [-0.3, -0.25) is 4.79 Å². The monoisotopic (exact) mass is 370 g/mol. The second-order valence-corrected chi connectivity index (χ2v) is 7.64. The molecule has 7 heteroatoms. The topological polar surface area (TPSA) is 75.4 Å². The molecule has 0 aromatic heterocycles. The number of fused-ring (bicyclic) bond motifs is 2. The average Bonchev–Trinajstić information content (AvgIpc) is 2.59. The van der Waals surface area contributed by atoms with Crippen LogP contribution >= 0.6 is 0 Å². The van der Waals surface area contributed by atoms with Crippen molar-refractivity contribution in [3.8, 4) is 0 Å². The Bertz CT molecular complexity index is 623. The van der Waals surface area contributed by atoms with Gasteiger partial charge in [-0.15, -0.1) is 0 Å². The fourth-order valence-electron chi connectivity index (χ4n) is 4.44. The summed E-state index contributed by atoms with van der Waals surface area (Å²) in [5.41, 5.74) is 2.81. The Kier molecular flexibility index (Phi) is 5.30. The van der Waals surface area contributed by atoms with Gasteiger partial charge in [0.25, 0.3) is 0 Å². The number of aliphatic hydroxyl groups is 1. The van der Waals surface area contributed by atoms with E-state index >= 15 is 0 Å². The Balaban J connectivity index is 1.69. The molecule has 2 bridgehead atoms. The molecule has 3 unspecified atom stereocenters. The van der Waals surface area contributed by atoms with E-state index in [1.807, 2.05) is 0 Å². The smallest absolute Gasteiger partial charge is 0.375 e. The van der Waals surface area contributed by atoms with E-state index in [9.17, 15) is 23.1 Å². The minimum absolute atomic E-state index is 0.0872. The van der Waals surface area contributed by atoms with Crippen LogP contribution in [0.1, 0.15) is 37.7 Å². The predicted molar refractivity (Wildman–Crippen MR) is 90.9 cm³/mol. The highest BCUT2D eigenvalue weighted by Gasteiger charge is 2.55. The molecule has 2 saturated carbocycles. The molecule has 4 nitrogen and oxygen atoms in total. The number of carbonyl (C=O) groups excluding carboxylic acids is 1. The van der Waals surface area contributed by atoms with Gasteiger partial charge in [-0.2, -0.15) is 13.2 Å². The number of hydrogen-bond donors (Lipinski definition) is 3. The van der Waals surface area contributed by atoms with E-state index in [0.717, 1.165) is 19.3 Å². The zero-order valence-electron chi connectivity index (χ0n) is 14.5. The van der Waals surface area contributed by atoms with Crippen molar-refractivity contribution in [1.82, 2.24) is 5.32 Å². The van der Waals surface area contributed by atoms with Gasteiger partial charge in [-0.25, -0.2) is 0 Å². The number of alkyl halides is 3. The lowest BCUT2D eigenvalue weighted by molar-refractivity contribution is -0.264. The summed E-state index contributed by atoms with van der Waals surface area (Å²) in [6.45, 7) is -0.892. The van der Waals surface area contributed by atoms with E-state index in [1.54, 1.807) is 6.07 Å². The van der Waals surface area contributed by atoms with Crippen molar-refractivity contribution < 1.29 is 23.1 Å². The lowest BCUT2D eigenvalue weighted by atomic mass is 9.65. The molecule has 3 rings (SSSR count). The third kappa shape index (κ3) is 3.60. The second-order valence-electron chi connectivity index (χ2n) is 7.64. The van der Waals surface area contributed by atoms with Crippen LogP contribution < -0.4 is 11.1 Å². The maximum atomic E-state index is 13.5. The molecule has 0 spiro atoms. The van der Waals surface area contributed by atoms with Crippen LogP contribution in [0.2, 0.25) is 0 Å². The van der Waals surface area contributed by atoms with E-state index in [0.29, 0.717) is 12.8 Å². The first-order chi connectivity index (χ1) is 12.2. The molecule has 2 aliphatic carbocycles. The normalized spacial score (nSPS) is 31.1. The van der Waals surface area contributed by atoms with Crippen molar-refractivity contribution in [3.05, 3.63) is 35.9 Å². The van der Waals surface area contributed by atoms with Crippen molar-refractivity contribution >= 4 is 5.91 Å². The number of halogens is 3. The Morgan fingerprint density at radius 1 is 1.15 bits per heavy atom. The van der Waals surface area contributed by atoms with Gasteiger partial charge >= 0.3 is 6.18 Å². The second kappa shape index (κ2) is 7.19. The fraction of sp³-hybridized carbons (Fsp3) is 0.632. The number of hydrogen-bond acceptors (Lipinski definition) is 3. The van der Waals surface area contributed by atoms with Gasteiger partial charge in [0, 0.05) is 12.0 Å². The Morgan fingerprint density at radius 3 is 2.27 bits per heavy atom. The quantitative estimate of drug-likeness (QED) is 0.763. The van der Waals surface area contributed by atoms with Crippen molar-refractivity contribution in [1.29, 1.82) is 0 Å². The van der Waals surface area contributed by atoms with Crippen LogP contribution in [0.4, 0.5) is 13.2 Å². The van der Waals surface area contributed by atoms with E-state index in [1.165, 1.54) is 24.3 Å². The van der Waals surface area contributed by atoms with Gasteiger partial charge in [-0.1, -0.05) is 36.8 Å². The van der Waals surface area contributed by atoms with Gasteiger partial charge in [0.1, 0.15) is 0 Å². The van der Waals surface area contributed by atoms with Crippen molar-refractivity contribution in [3.63, 3.8) is 0 Å².